The molecule has 0 unspecified atom stereocenters. The van der Waals surface area contributed by atoms with E-state index in [0.717, 1.165) is 5.69 Å². The molecular weight excluding hydrogens is 150 g/mol. The van der Waals surface area contributed by atoms with Crippen LogP contribution in [-0.4, -0.2) is 6.54 Å². The Labute approximate surface area is 70.9 Å². The summed E-state index contributed by atoms with van der Waals surface area (Å²) in [7, 11) is 0. The fourth-order valence-corrected chi connectivity index (χ4v) is 0.840. The van der Waals surface area contributed by atoms with Crippen molar-refractivity contribution in [3.8, 4) is 12.1 Å². The van der Waals surface area contributed by atoms with E-state index in [0.29, 0.717) is 5.56 Å². The summed E-state index contributed by atoms with van der Waals surface area (Å²) in [6.07, 6.45) is 0. The zero-order valence-electron chi connectivity index (χ0n) is 6.41. The fourth-order valence-electron chi connectivity index (χ4n) is 0.840. The molecule has 0 spiro atoms. The molecule has 0 aromatic heterocycles. The lowest BCUT2D eigenvalue weighted by Crippen LogP contribution is -1.97. The van der Waals surface area contributed by atoms with E-state index in [1.165, 1.54) is 0 Å². The summed E-state index contributed by atoms with van der Waals surface area (Å²) in [6, 6.07) is 11.0. The van der Waals surface area contributed by atoms with Crippen molar-refractivity contribution in [1.82, 2.24) is 0 Å². The van der Waals surface area contributed by atoms with Crippen LogP contribution in [0.5, 0.6) is 0 Å². The summed E-state index contributed by atoms with van der Waals surface area (Å²) in [6.45, 7) is 0.259. The molecule has 1 aromatic rings. The van der Waals surface area contributed by atoms with Gasteiger partial charge in [-0.25, -0.2) is 0 Å². The van der Waals surface area contributed by atoms with Crippen molar-refractivity contribution in [2.24, 2.45) is 0 Å². The average molecular weight is 157 g/mol. The van der Waals surface area contributed by atoms with Crippen LogP contribution in [0.4, 0.5) is 5.69 Å². The van der Waals surface area contributed by atoms with Crippen molar-refractivity contribution in [2.45, 2.75) is 0 Å². The van der Waals surface area contributed by atoms with E-state index in [4.69, 9.17) is 10.5 Å². The third-order valence-corrected chi connectivity index (χ3v) is 1.36. The Morgan fingerprint density at radius 2 is 2.17 bits per heavy atom. The van der Waals surface area contributed by atoms with Crippen molar-refractivity contribution < 1.29 is 0 Å². The van der Waals surface area contributed by atoms with E-state index in [1.807, 2.05) is 18.2 Å². The summed E-state index contributed by atoms with van der Waals surface area (Å²) in [5.74, 6) is 0. The predicted molar refractivity (Wildman–Crippen MR) is 45.3 cm³/mol. The Balaban J connectivity index is 2.76. The average Bonchev–Trinajstić information content (AvgIpc) is 2.15. The van der Waals surface area contributed by atoms with Crippen molar-refractivity contribution in [2.75, 3.05) is 11.9 Å². The number of nitrogens with zero attached hydrogens (tertiary/aromatic N) is 2. The van der Waals surface area contributed by atoms with Gasteiger partial charge >= 0.3 is 0 Å². The number of rotatable bonds is 2. The number of nitrogens with one attached hydrogen (secondary N) is 1. The summed E-state index contributed by atoms with van der Waals surface area (Å²) < 4.78 is 0. The molecule has 0 aliphatic carbocycles. The molecule has 0 heterocycles. The van der Waals surface area contributed by atoms with Crippen LogP contribution in [0, 0.1) is 22.7 Å². The molecule has 3 heteroatoms. The summed E-state index contributed by atoms with van der Waals surface area (Å²) in [4.78, 5) is 0. The van der Waals surface area contributed by atoms with Crippen LogP contribution < -0.4 is 5.32 Å². The zero-order valence-corrected chi connectivity index (χ0v) is 6.41. The Morgan fingerprint density at radius 1 is 1.33 bits per heavy atom. The lowest BCUT2D eigenvalue weighted by atomic mass is 10.2. The molecule has 0 atom stereocenters. The lowest BCUT2D eigenvalue weighted by molar-refractivity contribution is 1.31. The molecule has 0 fully saturated rings. The molecule has 1 aromatic carbocycles. The molecule has 0 radical (unpaired) electrons. The zero-order chi connectivity index (χ0) is 8.81. The molecule has 1 rings (SSSR count). The smallest absolute Gasteiger partial charge is 0.103 e. The van der Waals surface area contributed by atoms with Gasteiger partial charge in [0.1, 0.15) is 6.54 Å². The van der Waals surface area contributed by atoms with Crippen LogP contribution in [0.15, 0.2) is 24.3 Å². The molecule has 12 heavy (non-hydrogen) atoms. The van der Waals surface area contributed by atoms with Crippen LogP contribution in [-0.2, 0) is 0 Å². The monoisotopic (exact) mass is 157 g/mol. The van der Waals surface area contributed by atoms with Gasteiger partial charge in [-0.05, 0) is 18.2 Å². The molecule has 0 bridgehead atoms. The van der Waals surface area contributed by atoms with Gasteiger partial charge in [0.05, 0.1) is 17.7 Å². The normalized spacial score (nSPS) is 8.17. The maximum Gasteiger partial charge on any atom is 0.103 e. The molecule has 0 saturated heterocycles. The van der Waals surface area contributed by atoms with E-state index in [1.54, 1.807) is 18.2 Å². The Morgan fingerprint density at radius 3 is 2.83 bits per heavy atom. The third kappa shape index (κ3) is 2.00. The van der Waals surface area contributed by atoms with Gasteiger partial charge < -0.3 is 5.32 Å². The van der Waals surface area contributed by atoms with Crippen LogP contribution in [0.3, 0.4) is 0 Å². The second-order valence-electron chi connectivity index (χ2n) is 2.20. The highest BCUT2D eigenvalue weighted by molar-refractivity contribution is 5.49. The highest BCUT2D eigenvalue weighted by Gasteiger charge is 1.92. The molecule has 0 aliphatic heterocycles. The lowest BCUT2D eigenvalue weighted by Gasteiger charge is -1.99. The Hall–Kier alpha value is -2.00. The summed E-state index contributed by atoms with van der Waals surface area (Å²) in [5, 5.41) is 19.7. The quantitative estimate of drug-likeness (QED) is 0.661. The number of nitriles is 2. The molecule has 58 valence electrons. The summed E-state index contributed by atoms with van der Waals surface area (Å²) >= 11 is 0. The number of hydrogen-bond donors (Lipinski definition) is 1. The Kier molecular flexibility index (Phi) is 2.70. The standard InChI is InChI=1S/C9H7N3/c10-4-5-12-9-3-1-2-8(6-9)7-11/h1-3,6,12H,5H2. The third-order valence-electron chi connectivity index (χ3n) is 1.36. The van der Waals surface area contributed by atoms with Gasteiger partial charge in [-0.3, -0.25) is 0 Å². The van der Waals surface area contributed by atoms with E-state index < -0.39 is 0 Å². The van der Waals surface area contributed by atoms with Crippen molar-refractivity contribution >= 4 is 5.69 Å². The molecule has 0 amide bonds. The topological polar surface area (TPSA) is 59.6 Å². The minimum atomic E-state index is 0.259. The summed E-state index contributed by atoms with van der Waals surface area (Å²) in [5.41, 5.74) is 1.40. The van der Waals surface area contributed by atoms with Gasteiger partial charge in [-0.1, -0.05) is 6.07 Å². The highest BCUT2D eigenvalue weighted by atomic mass is 14.9. The minimum Gasteiger partial charge on any atom is -0.372 e. The van der Waals surface area contributed by atoms with Gasteiger partial charge in [0.2, 0.25) is 0 Å². The largest absolute Gasteiger partial charge is 0.372 e. The van der Waals surface area contributed by atoms with E-state index in [2.05, 4.69) is 5.32 Å². The first-order valence-electron chi connectivity index (χ1n) is 3.48. The SMILES string of the molecule is N#CCNc1cccc(C#N)c1. The first-order chi connectivity index (χ1) is 5.86. The predicted octanol–water partition coefficient (Wildman–Crippen LogP) is 1.49. The van der Waals surface area contributed by atoms with Crippen LogP contribution >= 0.6 is 0 Å². The van der Waals surface area contributed by atoms with Crippen molar-refractivity contribution in [3.63, 3.8) is 0 Å². The molecule has 1 N–H and O–H groups in total. The van der Waals surface area contributed by atoms with Gasteiger partial charge in [-0.15, -0.1) is 0 Å². The van der Waals surface area contributed by atoms with E-state index >= 15 is 0 Å². The van der Waals surface area contributed by atoms with Crippen LogP contribution in [0.25, 0.3) is 0 Å². The molecule has 0 aliphatic rings. The van der Waals surface area contributed by atoms with Gasteiger partial charge in [0.25, 0.3) is 0 Å². The minimum absolute atomic E-state index is 0.259. The second kappa shape index (κ2) is 4.00. The molecular formula is C9H7N3. The van der Waals surface area contributed by atoms with E-state index in [9.17, 15) is 0 Å². The highest BCUT2D eigenvalue weighted by Crippen LogP contribution is 2.08. The van der Waals surface area contributed by atoms with Gasteiger partial charge in [0, 0.05) is 5.69 Å². The first-order valence-corrected chi connectivity index (χ1v) is 3.48. The van der Waals surface area contributed by atoms with Crippen molar-refractivity contribution in [3.05, 3.63) is 29.8 Å². The van der Waals surface area contributed by atoms with Gasteiger partial charge in [-0.2, -0.15) is 10.5 Å². The molecule has 0 saturated carbocycles. The van der Waals surface area contributed by atoms with Crippen molar-refractivity contribution in [1.29, 1.82) is 10.5 Å². The van der Waals surface area contributed by atoms with Gasteiger partial charge in [0.15, 0.2) is 0 Å². The number of hydrogen-bond acceptors (Lipinski definition) is 3. The number of anilines is 1. The fraction of sp³-hybridized carbons (Fsp3) is 0.111. The number of benzene rings is 1. The first kappa shape index (κ1) is 8.10. The van der Waals surface area contributed by atoms with Crippen LogP contribution in [0.1, 0.15) is 5.56 Å². The molecule has 3 nitrogen and oxygen atoms in total. The second-order valence-corrected chi connectivity index (χ2v) is 2.20. The maximum atomic E-state index is 8.54. The Bertz CT molecular complexity index is 344. The van der Waals surface area contributed by atoms with Crippen LogP contribution in [0.2, 0.25) is 0 Å². The van der Waals surface area contributed by atoms with E-state index in [-0.39, 0.29) is 6.54 Å². The maximum absolute atomic E-state index is 8.54.